The number of rotatable bonds is 2. The van der Waals surface area contributed by atoms with E-state index in [0.717, 1.165) is 11.6 Å². The molecule has 0 aliphatic heterocycles. The Morgan fingerprint density at radius 1 is 1.06 bits per heavy atom. The first-order valence-corrected chi connectivity index (χ1v) is 9.51. The lowest BCUT2D eigenvalue weighted by Crippen LogP contribution is -2.24. The molecule has 2 rings (SSSR count). The molecule has 0 bridgehead atoms. The van der Waals surface area contributed by atoms with Gasteiger partial charge in [-0.3, -0.25) is 4.98 Å². The van der Waals surface area contributed by atoms with Crippen LogP contribution in [-0.4, -0.2) is 13.1 Å². The van der Waals surface area contributed by atoms with Crippen molar-refractivity contribution >= 4 is 19.0 Å². The number of fused-ring (bicyclic) bond motifs is 1. The molecule has 2 aromatic rings. The fourth-order valence-corrected chi connectivity index (χ4v) is 3.21. The van der Waals surface area contributed by atoms with E-state index in [-0.39, 0.29) is 0 Å². The van der Waals surface area contributed by atoms with Crippen molar-refractivity contribution in [2.45, 2.75) is 32.6 Å². The van der Waals surface area contributed by atoms with E-state index in [1.165, 1.54) is 16.6 Å². The summed E-state index contributed by atoms with van der Waals surface area (Å²) in [4.78, 5) is 4.74. The lowest BCUT2D eigenvalue weighted by Gasteiger charge is -2.15. The van der Waals surface area contributed by atoms with E-state index in [4.69, 9.17) is 4.98 Å². The monoisotopic (exact) mass is 229 g/mol. The van der Waals surface area contributed by atoms with Crippen molar-refractivity contribution in [3.63, 3.8) is 0 Å². The van der Waals surface area contributed by atoms with Gasteiger partial charge in [0.25, 0.3) is 0 Å². The molecule has 0 atom stereocenters. The van der Waals surface area contributed by atoms with Crippen molar-refractivity contribution in [2.75, 3.05) is 0 Å². The molecule has 0 saturated carbocycles. The Balaban J connectivity index is 2.41. The van der Waals surface area contributed by atoms with Gasteiger partial charge in [0.05, 0.1) is 13.6 Å². The fourth-order valence-electron chi connectivity index (χ4n) is 1.93. The number of nitrogens with zero attached hydrogens (tertiary/aromatic N) is 1. The summed E-state index contributed by atoms with van der Waals surface area (Å²) >= 11 is 0. The summed E-state index contributed by atoms with van der Waals surface area (Å²) in [6, 6.07) is 12.0. The summed E-state index contributed by atoms with van der Waals surface area (Å²) in [7, 11) is -1.06. The quantitative estimate of drug-likeness (QED) is 0.710. The van der Waals surface area contributed by atoms with Gasteiger partial charge in [0.1, 0.15) is 0 Å². The second-order valence-electron chi connectivity index (χ2n) is 5.74. The van der Waals surface area contributed by atoms with Crippen molar-refractivity contribution in [2.24, 2.45) is 0 Å². The van der Waals surface area contributed by atoms with Crippen LogP contribution in [0.5, 0.6) is 0 Å². The zero-order valence-electron chi connectivity index (χ0n) is 10.5. The van der Waals surface area contributed by atoms with Crippen LogP contribution in [0.1, 0.15) is 11.3 Å². The SMILES string of the molecule is Cc1ccc2nc(C[Si](C)(C)C)ccc2c1. The first-order chi connectivity index (χ1) is 7.44. The molecule has 0 aliphatic rings. The summed E-state index contributed by atoms with van der Waals surface area (Å²) in [5.74, 6) is 0. The Labute approximate surface area is 98.5 Å². The number of aryl methyl sites for hydroxylation is 1. The Bertz CT molecular complexity index is 512. The van der Waals surface area contributed by atoms with Crippen LogP contribution < -0.4 is 0 Å². The van der Waals surface area contributed by atoms with Gasteiger partial charge in [-0.05, 0) is 31.2 Å². The van der Waals surface area contributed by atoms with Crippen LogP contribution in [0.15, 0.2) is 30.3 Å². The first kappa shape index (κ1) is 11.3. The van der Waals surface area contributed by atoms with E-state index in [2.05, 4.69) is 56.9 Å². The van der Waals surface area contributed by atoms with Gasteiger partial charge < -0.3 is 0 Å². The van der Waals surface area contributed by atoms with Gasteiger partial charge in [-0.2, -0.15) is 0 Å². The number of aromatic nitrogens is 1. The van der Waals surface area contributed by atoms with Crippen LogP contribution in [0.25, 0.3) is 10.9 Å². The number of hydrogen-bond acceptors (Lipinski definition) is 1. The number of benzene rings is 1. The summed E-state index contributed by atoms with van der Waals surface area (Å²) in [6.07, 6.45) is 0. The highest BCUT2D eigenvalue weighted by Gasteiger charge is 2.14. The highest BCUT2D eigenvalue weighted by Crippen LogP contribution is 2.17. The van der Waals surface area contributed by atoms with Gasteiger partial charge >= 0.3 is 0 Å². The maximum absolute atomic E-state index is 4.74. The van der Waals surface area contributed by atoms with E-state index < -0.39 is 8.07 Å². The average molecular weight is 229 g/mol. The number of pyridine rings is 1. The molecule has 16 heavy (non-hydrogen) atoms. The Kier molecular flexibility index (Phi) is 2.85. The number of hydrogen-bond donors (Lipinski definition) is 0. The van der Waals surface area contributed by atoms with Crippen LogP contribution in [0, 0.1) is 6.92 Å². The minimum Gasteiger partial charge on any atom is -0.253 e. The van der Waals surface area contributed by atoms with Crippen LogP contribution in [-0.2, 0) is 6.04 Å². The molecule has 0 fully saturated rings. The predicted octanol–water partition coefficient (Wildman–Crippen LogP) is 3.96. The van der Waals surface area contributed by atoms with Crippen molar-refractivity contribution in [3.8, 4) is 0 Å². The van der Waals surface area contributed by atoms with Crippen molar-refractivity contribution in [3.05, 3.63) is 41.6 Å². The normalized spacial score (nSPS) is 12.0. The smallest absolute Gasteiger partial charge is 0.0705 e. The second kappa shape index (κ2) is 4.02. The largest absolute Gasteiger partial charge is 0.253 e. The van der Waals surface area contributed by atoms with Crippen LogP contribution in [0.4, 0.5) is 0 Å². The van der Waals surface area contributed by atoms with Gasteiger partial charge in [0.2, 0.25) is 0 Å². The van der Waals surface area contributed by atoms with Crippen LogP contribution >= 0.6 is 0 Å². The molecule has 0 radical (unpaired) electrons. The van der Waals surface area contributed by atoms with Gasteiger partial charge in [-0.25, -0.2) is 0 Å². The molecule has 84 valence electrons. The summed E-state index contributed by atoms with van der Waals surface area (Å²) in [5.41, 5.74) is 3.67. The van der Waals surface area contributed by atoms with E-state index in [9.17, 15) is 0 Å². The molecule has 0 spiro atoms. The van der Waals surface area contributed by atoms with Gasteiger partial charge in [0.15, 0.2) is 0 Å². The van der Waals surface area contributed by atoms with Crippen LogP contribution in [0.3, 0.4) is 0 Å². The van der Waals surface area contributed by atoms with Crippen molar-refractivity contribution < 1.29 is 0 Å². The third kappa shape index (κ3) is 2.70. The molecule has 1 nitrogen and oxygen atoms in total. The zero-order chi connectivity index (χ0) is 11.8. The predicted molar refractivity (Wildman–Crippen MR) is 73.5 cm³/mol. The summed E-state index contributed by atoms with van der Waals surface area (Å²) < 4.78 is 0. The molecule has 1 aromatic carbocycles. The maximum atomic E-state index is 4.74. The van der Waals surface area contributed by atoms with Crippen molar-refractivity contribution in [1.29, 1.82) is 0 Å². The minimum absolute atomic E-state index is 1.06. The lowest BCUT2D eigenvalue weighted by atomic mass is 10.1. The fraction of sp³-hybridized carbons (Fsp3) is 0.357. The molecule has 0 aliphatic carbocycles. The zero-order valence-corrected chi connectivity index (χ0v) is 11.5. The van der Waals surface area contributed by atoms with E-state index in [1.807, 2.05) is 0 Å². The molecular weight excluding hydrogens is 210 g/mol. The molecule has 1 heterocycles. The van der Waals surface area contributed by atoms with Crippen LogP contribution in [0.2, 0.25) is 19.6 Å². The summed E-state index contributed by atoms with van der Waals surface area (Å²) in [5, 5.41) is 1.25. The highest BCUT2D eigenvalue weighted by molar-refractivity contribution is 6.75. The molecule has 0 N–H and O–H groups in total. The Hall–Kier alpha value is -1.15. The topological polar surface area (TPSA) is 12.9 Å². The summed E-state index contributed by atoms with van der Waals surface area (Å²) in [6.45, 7) is 9.27. The van der Waals surface area contributed by atoms with Gasteiger partial charge in [0, 0.05) is 11.1 Å². The van der Waals surface area contributed by atoms with E-state index >= 15 is 0 Å². The Morgan fingerprint density at radius 2 is 1.81 bits per heavy atom. The van der Waals surface area contributed by atoms with Crippen molar-refractivity contribution in [1.82, 2.24) is 4.98 Å². The molecule has 0 saturated heterocycles. The lowest BCUT2D eigenvalue weighted by molar-refractivity contribution is 1.17. The molecular formula is C14H19NSi. The first-order valence-electron chi connectivity index (χ1n) is 5.80. The molecule has 0 unspecified atom stereocenters. The molecule has 1 aromatic heterocycles. The van der Waals surface area contributed by atoms with Gasteiger partial charge in [-0.15, -0.1) is 0 Å². The minimum atomic E-state index is -1.06. The average Bonchev–Trinajstić information content (AvgIpc) is 2.16. The third-order valence-electron chi connectivity index (χ3n) is 2.61. The highest BCUT2D eigenvalue weighted by atomic mass is 28.3. The molecule has 0 amide bonds. The standard InChI is InChI=1S/C14H19NSi/c1-11-5-8-14-12(9-11)6-7-13(15-14)10-16(2,3)4/h5-9H,10H2,1-4H3. The maximum Gasteiger partial charge on any atom is 0.0705 e. The van der Waals surface area contributed by atoms with E-state index in [1.54, 1.807) is 0 Å². The molecule has 2 heteroatoms. The third-order valence-corrected chi connectivity index (χ3v) is 4.04. The van der Waals surface area contributed by atoms with E-state index in [0.29, 0.717) is 0 Å². The Morgan fingerprint density at radius 3 is 2.50 bits per heavy atom. The van der Waals surface area contributed by atoms with Gasteiger partial charge in [-0.1, -0.05) is 37.3 Å². The second-order valence-corrected chi connectivity index (χ2v) is 11.2.